The van der Waals surface area contributed by atoms with Crippen LogP contribution >= 0.6 is 23.2 Å². The molecule has 0 amide bonds. The third-order valence-corrected chi connectivity index (χ3v) is 5.17. The summed E-state index contributed by atoms with van der Waals surface area (Å²) in [5, 5.41) is 4.22. The number of nitrogens with zero attached hydrogens (tertiary/aromatic N) is 1. The molecule has 0 saturated carbocycles. The summed E-state index contributed by atoms with van der Waals surface area (Å²) in [5.41, 5.74) is 2.43. The number of morpholine rings is 1. The Labute approximate surface area is 165 Å². The molecule has 1 fully saturated rings. The Morgan fingerprint density at radius 3 is 2.62 bits per heavy atom. The maximum absolute atomic E-state index is 6.08. The van der Waals surface area contributed by atoms with Gasteiger partial charge in [0.15, 0.2) is 0 Å². The first-order chi connectivity index (χ1) is 12.7. The van der Waals surface area contributed by atoms with E-state index in [1.54, 1.807) is 12.1 Å². The van der Waals surface area contributed by atoms with Crippen LogP contribution < -0.4 is 10.1 Å². The molecule has 0 bridgehead atoms. The summed E-state index contributed by atoms with van der Waals surface area (Å²) < 4.78 is 11.4. The summed E-state index contributed by atoms with van der Waals surface area (Å²) in [5.74, 6) is 1.51. The quantitative estimate of drug-likeness (QED) is 0.755. The molecule has 2 aromatic carbocycles. The fraction of sp³-hybridized carbons (Fsp3) is 0.400. The molecule has 0 unspecified atom stereocenters. The van der Waals surface area contributed by atoms with Gasteiger partial charge >= 0.3 is 0 Å². The largest absolute Gasteiger partial charge is 0.457 e. The monoisotopic (exact) mass is 394 g/mol. The zero-order valence-electron chi connectivity index (χ0n) is 14.9. The minimum absolute atomic E-state index is 0.487. The van der Waals surface area contributed by atoms with Crippen LogP contribution in [-0.2, 0) is 17.7 Å². The minimum atomic E-state index is 0.487. The second-order valence-electron chi connectivity index (χ2n) is 6.35. The van der Waals surface area contributed by atoms with Crippen molar-refractivity contribution in [3.8, 4) is 11.5 Å². The van der Waals surface area contributed by atoms with Crippen molar-refractivity contribution in [2.75, 3.05) is 39.9 Å². The summed E-state index contributed by atoms with van der Waals surface area (Å²) in [6.07, 6.45) is 1.02. The predicted molar refractivity (Wildman–Crippen MR) is 107 cm³/mol. The molecule has 2 aromatic rings. The molecule has 4 nitrogen and oxygen atoms in total. The van der Waals surface area contributed by atoms with E-state index in [0.717, 1.165) is 57.1 Å². The van der Waals surface area contributed by atoms with Crippen LogP contribution in [0.2, 0.25) is 10.0 Å². The topological polar surface area (TPSA) is 33.7 Å². The number of halogens is 2. The van der Waals surface area contributed by atoms with E-state index in [9.17, 15) is 0 Å². The van der Waals surface area contributed by atoms with Crippen molar-refractivity contribution in [1.82, 2.24) is 10.2 Å². The molecule has 26 heavy (non-hydrogen) atoms. The van der Waals surface area contributed by atoms with Crippen LogP contribution in [0.5, 0.6) is 11.5 Å². The Morgan fingerprint density at radius 1 is 1.08 bits per heavy atom. The zero-order valence-corrected chi connectivity index (χ0v) is 16.4. The predicted octanol–water partition coefficient (Wildman–Crippen LogP) is 4.38. The number of benzene rings is 2. The molecule has 1 aliphatic heterocycles. The summed E-state index contributed by atoms with van der Waals surface area (Å²) in [4.78, 5) is 2.45. The third kappa shape index (κ3) is 5.35. The van der Waals surface area contributed by atoms with Crippen molar-refractivity contribution >= 4 is 23.2 Å². The van der Waals surface area contributed by atoms with Gasteiger partial charge in [-0.25, -0.2) is 0 Å². The Balaban J connectivity index is 1.70. The van der Waals surface area contributed by atoms with Gasteiger partial charge in [0.1, 0.15) is 11.5 Å². The van der Waals surface area contributed by atoms with Crippen LogP contribution in [0.25, 0.3) is 0 Å². The van der Waals surface area contributed by atoms with E-state index in [1.165, 1.54) is 5.56 Å². The number of nitrogens with one attached hydrogen (secondary N) is 1. The molecule has 1 aliphatic rings. The molecule has 0 atom stereocenters. The van der Waals surface area contributed by atoms with E-state index in [1.807, 2.05) is 19.2 Å². The molecular weight excluding hydrogens is 371 g/mol. The number of hydrogen-bond donors (Lipinski definition) is 1. The van der Waals surface area contributed by atoms with E-state index in [4.69, 9.17) is 32.7 Å². The van der Waals surface area contributed by atoms with Crippen LogP contribution in [0, 0.1) is 0 Å². The van der Waals surface area contributed by atoms with Crippen LogP contribution in [0.15, 0.2) is 36.4 Å². The summed E-state index contributed by atoms with van der Waals surface area (Å²) in [7, 11) is 1.93. The van der Waals surface area contributed by atoms with Crippen LogP contribution in [0.1, 0.15) is 11.1 Å². The second kappa shape index (κ2) is 9.58. The maximum Gasteiger partial charge on any atom is 0.131 e. The lowest BCUT2D eigenvalue weighted by Gasteiger charge is -2.26. The van der Waals surface area contributed by atoms with E-state index in [0.29, 0.717) is 15.8 Å². The molecule has 0 radical (unpaired) electrons. The van der Waals surface area contributed by atoms with E-state index >= 15 is 0 Å². The molecule has 3 rings (SSSR count). The molecule has 140 valence electrons. The average molecular weight is 395 g/mol. The van der Waals surface area contributed by atoms with Gasteiger partial charge in [-0.1, -0.05) is 35.3 Å². The summed E-state index contributed by atoms with van der Waals surface area (Å²) >= 11 is 12.1. The lowest BCUT2D eigenvalue weighted by atomic mass is 10.1. The Kier molecular flexibility index (Phi) is 7.17. The highest BCUT2D eigenvalue weighted by molar-refractivity contribution is 6.42. The number of ether oxygens (including phenoxy) is 2. The van der Waals surface area contributed by atoms with Crippen LogP contribution in [0.3, 0.4) is 0 Å². The highest BCUT2D eigenvalue weighted by Gasteiger charge is 2.12. The van der Waals surface area contributed by atoms with Gasteiger partial charge in [0.25, 0.3) is 0 Å². The summed E-state index contributed by atoms with van der Waals surface area (Å²) in [6.45, 7) is 5.49. The lowest BCUT2D eigenvalue weighted by Crippen LogP contribution is -2.37. The molecule has 1 saturated heterocycles. The van der Waals surface area contributed by atoms with Gasteiger partial charge in [0.05, 0.1) is 23.3 Å². The fourth-order valence-electron chi connectivity index (χ4n) is 3.00. The molecule has 1 N–H and O–H groups in total. The van der Waals surface area contributed by atoms with E-state index in [2.05, 4.69) is 22.3 Å². The van der Waals surface area contributed by atoms with Gasteiger partial charge < -0.3 is 14.8 Å². The van der Waals surface area contributed by atoms with Crippen molar-refractivity contribution < 1.29 is 9.47 Å². The Hall–Kier alpha value is -1.30. The Morgan fingerprint density at radius 2 is 1.88 bits per heavy atom. The smallest absolute Gasteiger partial charge is 0.131 e. The minimum Gasteiger partial charge on any atom is -0.457 e. The van der Waals surface area contributed by atoms with E-state index in [-0.39, 0.29) is 0 Å². The van der Waals surface area contributed by atoms with Crippen molar-refractivity contribution in [2.45, 2.75) is 13.0 Å². The second-order valence-corrected chi connectivity index (χ2v) is 7.17. The van der Waals surface area contributed by atoms with Gasteiger partial charge in [-0.15, -0.1) is 0 Å². The van der Waals surface area contributed by atoms with Gasteiger partial charge in [-0.2, -0.15) is 0 Å². The van der Waals surface area contributed by atoms with Crippen LogP contribution in [-0.4, -0.2) is 44.8 Å². The molecule has 1 heterocycles. The molecular formula is C20H24Cl2N2O2. The van der Waals surface area contributed by atoms with Gasteiger partial charge in [0, 0.05) is 37.8 Å². The standard InChI is InChI=1S/C20H24Cl2N2O2/c1-23-14-16-12-15(6-7-24-8-10-25-11-9-24)2-5-20(16)26-17-3-4-18(21)19(22)13-17/h2-5,12-13,23H,6-11,14H2,1H3. The first-order valence-electron chi connectivity index (χ1n) is 8.85. The SMILES string of the molecule is CNCc1cc(CCN2CCOCC2)ccc1Oc1ccc(Cl)c(Cl)c1. The molecule has 0 aromatic heterocycles. The van der Waals surface area contributed by atoms with Gasteiger partial charge in [-0.3, -0.25) is 4.90 Å². The first kappa shape index (κ1) is 19.5. The Bertz CT molecular complexity index is 734. The molecule has 6 heteroatoms. The maximum atomic E-state index is 6.08. The number of rotatable bonds is 7. The van der Waals surface area contributed by atoms with E-state index < -0.39 is 0 Å². The summed E-state index contributed by atoms with van der Waals surface area (Å²) in [6, 6.07) is 11.7. The molecule has 0 spiro atoms. The zero-order chi connectivity index (χ0) is 18.4. The van der Waals surface area contributed by atoms with Crippen LogP contribution in [0.4, 0.5) is 0 Å². The highest BCUT2D eigenvalue weighted by atomic mass is 35.5. The fourth-order valence-corrected chi connectivity index (χ4v) is 3.28. The van der Waals surface area contributed by atoms with Gasteiger partial charge in [-0.05, 0) is 37.2 Å². The third-order valence-electron chi connectivity index (χ3n) is 4.43. The average Bonchev–Trinajstić information content (AvgIpc) is 2.66. The lowest BCUT2D eigenvalue weighted by molar-refractivity contribution is 0.0384. The van der Waals surface area contributed by atoms with Crippen molar-refractivity contribution in [3.05, 3.63) is 57.6 Å². The van der Waals surface area contributed by atoms with Crippen molar-refractivity contribution in [1.29, 1.82) is 0 Å². The molecule has 0 aliphatic carbocycles. The van der Waals surface area contributed by atoms with Gasteiger partial charge in [0.2, 0.25) is 0 Å². The van der Waals surface area contributed by atoms with Crippen molar-refractivity contribution in [2.24, 2.45) is 0 Å². The normalized spacial score (nSPS) is 15.2. The highest BCUT2D eigenvalue weighted by Crippen LogP contribution is 2.31. The van der Waals surface area contributed by atoms with Crippen molar-refractivity contribution in [3.63, 3.8) is 0 Å². The number of hydrogen-bond acceptors (Lipinski definition) is 4. The first-order valence-corrected chi connectivity index (χ1v) is 9.60.